The molecule has 11 heteroatoms. The molecule has 0 bridgehead atoms. The summed E-state index contributed by atoms with van der Waals surface area (Å²) in [5.74, 6) is -1.27. The maximum Gasteiger partial charge on any atom is 0.340 e. The number of hydrogen-bond acceptors (Lipinski definition) is 6. The Morgan fingerprint density at radius 2 is 1.92 bits per heavy atom. The van der Waals surface area contributed by atoms with Gasteiger partial charge in [0.25, 0.3) is 0 Å². The molecule has 0 aliphatic rings. The van der Waals surface area contributed by atoms with Gasteiger partial charge in [0.2, 0.25) is 0 Å². The fourth-order valence-corrected chi connectivity index (χ4v) is 6.27. The molecule has 0 saturated heterocycles. The molecule has 0 spiro atoms. The summed E-state index contributed by atoms with van der Waals surface area (Å²) in [4.78, 5) is 17.4. The van der Waals surface area contributed by atoms with Gasteiger partial charge in [0.1, 0.15) is 17.4 Å². The Balaban J connectivity index is 1.90. The number of aromatic hydroxyl groups is 1. The van der Waals surface area contributed by atoms with Crippen molar-refractivity contribution in [1.82, 2.24) is 14.1 Å². The third-order valence-electron chi connectivity index (χ3n) is 6.03. The van der Waals surface area contributed by atoms with Gasteiger partial charge in [-0.1, -0.05) is 12.1 Å². The number of nitrogens with zero attached hydrogens (tertiary/aromatic N) is 3. The van der Waals surface area contributed by atoms with E-state index in [-0.39, 0.29) is 35.9 Å². The summed E-state index contributed by atoms with van der Waals surface area (Å²) in [7, 11) is -2.10. The molecule has 0 aliphatic carbocycles. The van der Waals surface area contributed by atoms with E-state index in [2.05, 4.69) is 20.9 Å². The summed E-state index contributed by atoms with van der Waals surface area (Å²) >= 11 is 3.38. The van der Waals surface area contributed by atoms with Crippen LogP contribution in [0, 0.1) is 12.7 Å². The summed E-state index contributed by atoms with van der Waals surface area (Å²) < 4.78 is 48.9. The van der Waals surface area contributed by atoms with Crippen molar-refractivity contribution in [2.24, 2.45) is 7.05 Å². The minimum absolute atomic E-state index is 0.0625. The van der Waals surface area contributed by atoms with E-state index in [0.29, 0.717) is 32.3 Å². The van der Waals surface area contributed by atoms with Gasteiger partial charge in [0.15, 0.2) is 9.84 Å². The number of aromatic nitrogens is 3. The van der Waals surface area contributed by atoms with Gasteiger partial charge in [-0.05, 0) is 53.5 Å². The number of sulfone groups is 1. The minimum atomic E-state index is -3.77. The smallest absolute Gasteiger partial charge is 0.340 e. The Labute approximate surface area is 216 Å². The number of aryl methyl sites for hydroxylation is 2. The van der Waals surface area contributed by atoms with Crippen molar-refractivity contribution in [3.63, 3.8) is 0 Å². The SMILES string of the molecule is CCOC(=O)c1c(CS(=O)(=O)Cc2ccc(F)cc2)n(C)c2cc(Br)c(O)c(Cn3ccnc3C)c12. The van der Waals surface area contributed by atoms with E-state index in [0.717, 1.165) is 0 Å². The molecule has 8 nitrogen and oxygen atoms in total. The maximum absolute atomic E-state index is 13.3. The van der Waals surface area contributed by atoms with Crippen LogP contribution in [0.15, 0.2) is 47.2 Å². The summed E-state index contributed by atoms with van der Waals surface area (Å²) in [6.45, 7) is 3.77. The highest BCUT2D eigenvalue weighted by Gasteiger charge is 2.30. The maximum atomic E-state index is 13.3. The number of phenols is 1. The van der Waals surface area contributed by atoms with Gasteiger partial charge in [0.05, 0.1) is 40.2 Å². The number of phenolic OH excluding ortho intramolecular Hbond substituents is 1. The second-order valence-electron chi connectivity index (χ2n) is 8.44. The second-order valence-corrected chi connectivity index (χ2v) is 11.4. The molecule has 0 radical (unpaired) electrons. The largest absolute Gasteiger partial charge is 0.506 e. The lowest BCUT2D eigenvalue weighted by Crippen LogP contribution is -2.15. The topological polar surface area (TPSA) is 103 Å². The molecule has 2 aromatic carbocycles. The summed E-state index contributed by atoms with van der Waals surface area (Å²) in [6, 6.07) is 6.89. The number of rotatable bonds is 8. The summed E-state index contributed by atoms with van der Waals surface area (Å²) in [5.41, 5.74) is 1.76. The fourth-order valence-electron chi connectivity index (χ4n) is 4.26. The van der Waals surface area contributed by atoms with Crippen molar-refractivity contribution in [2.75, 3.05) is 6.61 Å². The average Bonchev–Trinajstić information content (AvgIpc) is 3.33. The van der Waals surface area contributed by atoms with Crippen LogP contribution >= 0.6 is 15.9 Å². The van der Waals surface area contributed by atoms with E-state index in [1.165, 1.54) is 24.3 Å². The fraction of sp³-hybridized carbons (Fsp3) is 0.280. The number of hydrogen-bond donors (Lipinski definition) is 1. The number of carbonyl (C=O) groups is 1. The van der Waals surface area contributed by atoms with Crippen LogP contribution in [0.3, 0.4) is 0 Å². The Kier molecular flexibility index (Phi) is 7.24. The van der Waals surface area contributed by atoms with Crippen molar-refractivity contribution in [3.05, 3.63) is 81.2 Å². The Morgan fingerprint density at radius 3 is 2.53 bits per heavy atom. The molecule has 2 heterocycles. The highest BCUT2D eigenvalue weighted by atomic mass is 79.9. The molecular formula is C25H25BrFN3O5S. The molecule has 0 amide bonds. The van der Waals surface area contributed by atoms with Crippen molar-refractivity contribution in [1.29, 1.82) is 0 Å². The van der Waals surface area contributed by atoms with E-state index < -0.39 is 27.4 Å². The molecule has 4 aromatic rings. The van der Waals surface area contributed by atoms with Crippen molar-refractivity contribution >= 4 is 42.6 Å². The predicted octanol–water partition coefficient (Wildman–Crippen LogP) is 4.63. The van der Waals surface area contributed by atoms with Gasteiger partial charge in [0, 0.05) is 36.1 Å². The molecule has 0 atom stereocenters. The van der Waals surface area contributed by atoms with Crippen LogP contribution in [0.5, 0.6) is 5.75 Å². The zero-order chi connectivity index (χ0) is 26.2. The lowest BCUT2D eigenvalue weighted by molar-refractivity contribution is 0.0527. The van der Waals surface area contributed by atoms with Gasteiger partial charge in [-0.2, -0.15) is 0 Å². The lowest BCUT2D eigenvalue weighted by Gasteiger charge is -2.12. The zero-order valence-corrected chi connectivity index (χ0v) is 22.4. The monoisotopic (exact) mass is 577 g/mol. The van der Waals surface area contributed by atoms with Gasteiger partial charge in [-0.15, -0.1) is 0 Å². The first-order valence-corrected chi connectivity index (χ1v) is 13.7. The molecule has 4 rings (SSSR count). The summed E-state index contributed by atoms with van der Waals surface area (Å²) in [5, 5.41) is 11.4. The minimum Gasteiger partial charge on any atom is -0.506 e. The van der Waals surface area contributed by atoms with E-state index in [4.69, 9.17) is 4.74 Å². The average molecular weight is 578 g/mol. The zero-order valence-electron chi connectivity index (χ0n) is 20.0. The molecule has 0 unspecified atom stereocenters. The Bertz CT molecular complexity index is 1560. The molecule has 0 fully saturated rings. The van der Waals surface area contributed by atoms with Crippen LogP contribution in [0.4, 0.5) is 4.39 Å². The standard InChI is InChI=1S/C25H25BrFN3O5S/c1-4-35-25(32)23-21(14-36(33,34)13-16-5-7-17(27)8-6-16)29(3)20-11-19(26)24(31)18(22(20)23)12-30-10-9-28-15(30)2/h5-11,31H,4,12-14H2,1-3H3. The number of halogens is 2. The van der Waals surface area contributed by atoms with Gasteiger partial charge >= 0.3 is 5.97 Å². The summed E-state index contributed by atoms with van der Waals surface area (Å²) in [6.07, 6.45) is 3.38. The van der Waals surface area contributed by atoms with Crippen molar-refractivity contribution in [2.45, 2.75) is 31.9 Å². The molecule has 36 heavy (non-hydrogen) atoms. The van der Waals surface area contributed by atoms with Crippen LogP contribution in [0.25, 0.3) is 10.9 Å². The Hall–Kier alpha value is -3.18. The first-order valence-electron chi connectivity index (χ1n) is 11.1. The van der Waals surface area contributed by atoms with Crippen LogP contribution in [-0.2, 0) is 39.7 Å². The number of imidazole rings is 1. The first-order chi connectivity index (χ1) is 17.0. The molecule has 2 aromatic heterocycles. The van der Waals surface area contributed by atoms with Gasteiger partial charge in [-0.25, -0.2) is 22.6 Å². The van der Waals surface area contributed by atoms with Gasteiger partial charge < -0.3 is 19.0 Å². The number of ether oxygens (including phenoxy) is 1. The number of carbonyl (C=O) groups excluding carboxylic acids is 1. The van der Waals surface area contributed by atoms with Crippen LogP contribution in [0.2, 0.25) is 0 Å². The van der Waals surface area contributed by atoms with E-state index in [1.54, 1.807) is 37.0 Å². The second kappa shape index (κ2) is 10.1. The third-order valence-corrected chi connectivity index (χ3v) is 8.12. The molecule has 0 saturated carbocycles. The quantitative estimate of drug-likeness (QED) is 0.306. The molecule has 1 N–H and O–H groups in total. The Morgan fingerprint density at radius 1 is 1.22 bits per heavy atom. The van der Waals surface area contributed by atoms with Gasteiger partial charge in [-0.3, -0.25) is 0 Å². The van der Waals surface area contributed by atoms with E-state index >= 15 is 0 Å². The first kappa shape index (κ1) is 25.9. The van der Waals surface area contributed by atoms with E-state index in [1.807, 2.05) is 11.5 Å². The highest BCUT2D eigenvalue weighted by molar-refractivity contribution is 9.10. The van der Waals surface area contributed by atoms with Crippen LogP contribution < -0.4 is 0 Å². The normalized spacial score (nSPS) is 11.8. The number of benzene rings is 2. The molecule has 190 valence electrons. The predicted molar refractivity (Wildman–Crippen MR) is 137 cm³/mol. The van der Waals surface area contributed by atoms with Crippen molar-refractivity contribution in [3.8, 4) is 5.75 Å². The highest BCUT2D eigenvalue weighted by Crippen LogP contribution is 2.40. The lowest BCUT2D eigenvalue weighted by atomic mass is 10.0. The number of esters is 1. The van der Waals surface area contributed by atoms with Crippen LogP contribution in [-0.4, -0.2) is 40.2 Å². The van der Waals surface area contributed by atoms with E-state index in [9.17, 15) is 22.7 Å². The third kappa shape index (κ3) is 5.03. The van der Waals surface area contributed by atoms with Crippen molar-refractivity contribution < 1.29 is 27.4 Å². The molecule has 0 aliphatic heterocycles. The van der Waals surface area contributed by atoms with Crippen LogP contribution in [0.1, 0.15) is 39.9 Å². The molecular weight excluding hydrogens is 553 g/mol. The number of fused-ring (bicyclic) bond motifs is 1.